The highest BCUT2D eigenvalue weighted by Gasteiger charge is 2.34. The molecule has 0 radical (unpaired) electrons. The Morgan fingerprint density at radius 2 is 1.87 bits per heavy atom. The molecule has 0 bridgehead atoms. The summed E-state index contributed by atoms with van der Waals surface area (Å²) >= 11 is 0. The summed E-state index contributed by atoms with van der Waals surface area (Å²) in [5.41, 5.74) is 4.92. The van der Waals surface area contributed by atoms with Crippen molar-refractivity contribution in [3.63, 3.8) is 0 Å². The highest BCUT2D eigenvalue weighted by molar-refractivity contribution is 5.81. The molecule has 2 unspecified atom stereocenters. The van der Waals surface area contributed by atoms with Gasteiger partial charge < -0.3 is 14.6 Å². The van der Waals surface area contributed by atoms with Crippen molar-refractivity contribution < 1.29 is 4.74 Å². The molecule has 1 aliphatic rings. The monoisotopic (exact) mass is 419 g/mol. The van der Waals surface area contributed by atoms with Gasteiger partial charge in [-0.1, -0.05) is 46.8 Å². The first kappa shape index (κ1) is 21.7. The van der Waals surface area contributed by atoms with Crippen molar-refractivity contribution in [2.45, 2.75) is 72.8 Å². The molecular formula is C27H37N3O. The van der Waals surface area contributed by atoms with E-state index >= 15 is 0 Å². The Labute approximate surface area is 187 Å². The van der Waals surface area contributed by atoms with Gasteiger partial charge in [0.25, 0.3) is 0 Å². The van der Waals surface area contributed by atoms with Crippen LogP contribution < -0.4 is 10.1 Å². The molecule has 1 aromatic heterocycles. The fraction of sp³-hybridized carbons (Fsp3) is 0.519. The van der Waals surface area contributed by atoms with Crippen LogP contribution in [0.4, 0.5) is 11.6 Å². The zero-order valence-electron chi connectivity index (χ0n) is 19.9. The van der Waals surface area contributed by atoms with Crippen LogP contribution in [0, 0.1) is 11.3 Å². The Kier molecular flexibility index (Phi) is 6.00. The van der Waals surface area contributed by atoms with Gasteiger partial charge in [0, 0.05) is 17.8 Å². The summed E-state index contributed by atoms with van der Waals surface area (Å²) in [7, 11) is 0. The summed E-state index contributed by atoms with van der Waals surface area (Å²) < 4.78 is 8.26. The summed E-state index contributed by atoms with van der Waals surface area (Å²) in [5.74, 6) is 3.06. The van der Waals surface area contributed by atoms with Crippen molar-refractivity contribution in [1.82, 2.24) is 9.55 Å². The molecule has 1 aliphatic carbocycles. The van der Waals surface area contributed by atoms with E-state index < -0.39 is 0 Å². The summed E-state index contributed by atoms with van der Waals surface area (Å²) in [6.07, 6.45) is 3.61. The van der Waals surface area contributed by atoms with Crippen LogP contribution in [-0.4, -0.2) is 16.2 Å². The fourth-order valence-corrected chi connectivity index (χ4v) is 5.36. The number of anilines is 2. The van der Waals surface area contributed by atoms with Crippen LogP contribution in [0.5, 0.6) is 5.75 Å². The third-order valence-corrected chi connectivity index (χ3v) is 6.53. The van der Waals surface area contributed by atoms with E-state index in [0.717, 1.165) is 34.8 Å². The van der Waals surface area contributed by atoms with Crippen molar-refractivity contribution >= 4 is 22.7 Å². The van der Waals surface area contributed by atoms with Crippen LogP contribution in [0.3, 0.4) is 0 Å². The number of nitrogens with one attached hydrogen (secondary N) is 1. The minimum Gasteiger partial charge on any atom is -0.494 e. The second-order valence-electron chi connectivity index (χ2n) is 10.4. The zero-order valence-corrected chi connectivity index (χ0v) is 19.9. The molecule has 1 N–H and O–H groups in total. The minimum absolute atomic E-state index is 0.326. The molecule has 0 spiro atoms. The van der Waals surface area contributed by atoms with E-state index in [-0.39, 0.29) is 0 Å². The third-order valence-electron chi connectivity index (χ3n) is 6.53. The lowest BCUT2D eigenvalue weighted by Crippen LogP contribution is -2.29. The molecule has 0 saturated heterocycles. The van der Waals surface area contributed by atoms with E-state index in [9.17, 15) is 0 Å². The molecule has 4 rings (SSSR count). The lowest BCUT2D eigenvalue weighted by Gasteiger charge is -2.40. The molecule has 1 heterocycles. The van der Waals surface area contributed by atoms with Gasteiger partial charge in [0.2, 0.25) is 5.95 Å². The van der Waals surface area contributed by atoms with Crippen molar-refractivity contribution in [2.24, 2.45) is 11.3 Å². The predicted molar refractivity (Wildman–Crippen MR) is 131 cm³/mol. The van der Waals surface area contributed by atoms with Crippen LogP contribution in [0.2, 0.25) is 0 Å². The van der Waals surface area contributed by atoms with Crippen molar-refractivity contribution in [3.8, 4) is 5.75 Å². The number of ether oxygens (including phenoxy) is 1. The highest BCUT2D eigenvalue weighted by atomic mass is 16.5. The molecule has 3 aromatic rings. The standard InChI is InChI=1S/C27H37N3O/c1-7-31-23-12-13-24-25(15-23)30(22-14-19(4)16-27(5,6)17-22)26(29-24)28-21-10-8-20(9-11-21)18(2)3/h8-13,15,18-19,22H,7,14,16-17H2,1-6H3,(H,28,29). The summed E-state index contributed by atoms with van der Waals surface area (Å²) in [4.78, 5) is 5.01. The van der Waals surface area contributed by atoms with Gasteiger partial charge in [0.15, 0.2) is 0 Å². The number of aromatic nitrogens is 2. The maximum atomic E-state index is 5.82. The number of fused-ring (bicyclic) bond motifs is 1. The second-order valence-corrected chi connectivity index (χ2v) is 10.4. The van der Waals surface area contributed by atoms with E-state index in [1.165, 1.54) is 18.4 Å². The molecular weight excluding hydrogens is 382 g/mol. The molecule has 2 aromatic carbocycles. The van der Waals surface area contributed by atoms with Crippen LogP contribution in [0.25, 0.3) is 11.0 Å². The van der Waals surface area contributed by atoms with Gasteiger partial charge in [-0.05, 0) is 73.3 Å². The van der Waals surface area contributed by atoms with E-state index in [2.05, 4.69) is 80.9 Å². The quantitative estimate of drug-likeness (QED) is 0.445. The Hall–Kier alpha value is -2.49. The van der Waals surface area contributed by atoms with E-state index in [0.29, 0.717) is 29.9 Å². The Morgan fingerprint density at radius 1 is 1.13 bits per heavy atom. The maximum absolute atomic E-state index is 5.82. The maximum Gasteiger partial charge on any atom is 0.208 e. The molecule has 1 fully saturated rings. The SMILES string of the molecule is CCOc1ccc2nc(Nc3ccc(C(C)C)cc3)n(C3CC(C)CC(C)(C)C3)c2c1. The predicted octanol–water partition coefficient (Wildman–Crippen LogP) is 7.69. The van der Waals surface area contributed by atoms with Crippen LogP contribution in [0.15, 0.2) is 42.5 Å². The van der Waals surface area contributed by atoms with E-state index in [1.807, 2.05) is 13.0 Å². The van der Waals surface area contributed by atoms with Gasteiger partial charge in [0.1, 0.15) is 5.75 Å². The molecule has 4 heteroatoms. The molecule has 1 saturated carbocycles. The number of hydrogen-bond donors (Lipinski definition) is 1. The van der Waals surface area contributed by atoms with E-state index in [4.69, 9.17) is 9.72 Å². The highest BCUT2D eigenvalue weighted by Crippen LogP contribution is 2.46. The largest absolute Gasteiger partial charge is 0.494 e. The lowest BCUT2D eigenvalue weighted by atomic mass is 9.70. The van der Waals surface area contributed by atoms with Gasteiger partial charge in [-0.2, -0.15) is 0 Å². The van der Waals surface area contributed by atoms with Crippen LogP contribution in [-0.2, 0) is 0 Å². The number of benzene rings is 2. The average Bonchev–Trinajstić information content (AvgIpc) is 3.04. The smallest absolute Gasteiger partial charge is 0.208 e. The Morgan fingerprint density at radius 3 is 2.52 bits per heavy atom. The molecule has 4 nitrogen and oxygen atoms in total. The Bertz CT molecular complexity index is 1030. The van der Waals surface area contributed by atoms with Crippen molar-refractivity contribution in [1.29, 1.82) is 0 Å². The average molecular weight is 420 g/mol. The molecule has 0 amide bonds. The van der Waals surface area contributed by atoms with Gasteiger partial charge in [0.05, 0.1) is 17.6 Å². The number of hydrogen-bond acceptors (Lipinski definition) is 3. The summed E-state index contributed by atoms with van der Waals surface area (Å²) in [5, 5.41) is 3.63. The van der Waals surface area contributed by atoms with Crippen LogP contribution >= 0.6 is 0 Å². The number of imidazole rings is 1. The first-order valence-corrected chi connectivity index (χ1v) is 11.8. The molecule has 2 atom stereocenters. The molecule has 166 valence electrons. The number of rotatable bonds is 6. The third kappa shape index (κ3) is 4.73. The lowest BCUT2D eigenvalue weighted by molar-refractivity contribution is 0.140. The normalized spacial score (nSPS) is 20.9. The molecule has 0 aliphatic heterocycles. The summed E-state index contributed by atoms with van der Waals surface area (Å²) in [6, 6.07) is 15.4. The zero-order chi connectivity index (χ0) is 22.2. The summed E-state index contributed by atoms with van der Waals surface area (Å²) in [6.45, 7) is 14.3. The topological polar surface area (TPSA) is 39.1 Å². The first-order chi connectivity index (χ1) is 14.8. The van der Waals surface area contributed by atoms with Gasteiger partial charge >= 0.3 is 0 Å². The fourth-order valence-electron chi connectivity index (χ4n) is 5.36. The van der Waals surface area contributed by atoms with E-state index in [1.54, 1.807) is 0 Å². The van der Waals surface area contributed by atoms with Crippen molar-refractivity contribution in [3.05, 3.63) is 48.0 Å². The molecule has 31 heavy (non-hydrogen) atoms. The number of nitrogens with zero attached hydrogens (tertiary/aromatic N) is 2. The minimum atomic E-state index is 0.326. The van der Waals surface area contributed by atoms with Crippen molar-refractivity contribution in [2.75, 3.05) is 11.9 Å². The Balaban J connectivity index is 1.77. The first-order valence-electron chi connectivity index (χ1n) is 11.8. The van der Waals surface area contributed by atoms with Gasteiger partial charge in [-0.3, -0.25) is 0 Å². The van der Waals surface area contributed by atoms with Gasteiger partial charge in [-0.15, -0.1) is 0 Å². The second kappa shape index (κ2) is 8.57. The van der Waals surface area contributed by atoms with Gasteiger partial charge in [-0.25, -0.2) is 4.98 Å². The van der Waals surface area contributed by atoms with Crippen LogP contribution in [0.1, 0.15) is 78.3 Å².